The number of carbonyl (C=O) groups excluding carboxylic acids is 1. The third-order valence-corrected chi connectivity index (χ3v) is 7.00. The van der Waals surface area contributed by atoms with E-state index in [1.165, 1.54) is 21.6 Å². The van der Waals surface area contributed by atoms with Crippen molar-refractivity contribution in [2.75, 3.05) is 26.2 Å². The SMILES string of the molecule is O=C(CCN(CCCO)C(c1ccccc1)c1ccccc1)N1CCc2sccc2C1. The number of nitrogens with zero attached hydrogens (tertiary/aromatic N) is 2. The van der Waals surface area contributed by atoms with E-state index in [0.717, 1.165) is 26.1 Å². The molecule has 1 aliphatic heterocycles. The van der Waals surface area contributed by atoms with E-state index in [1.54, 1.807) is 11.3 Å². The lowest BCUT2D eigenvalue weighted by molar-refractivity contribution is -0.132. The van der Waals surface area contributed by atoms with Gasteiger partial charge in [-0.15, -0.1) is 11.3 Å². The van der Waals surface area contributed by atoms with Crippen LogP contribution < -0.4 is 0 Å². The van der Waals surface area contributed by atoms with Crippen LogP contribution in [0.3, 0.4) is 0 Å². The van der Waals surface area contributed by atoms with E-state index in [9.17, 15) is 9.90 Å². The molecule has 4 nitrogen and oxygen atoms in total. The van der Waals surface area contributed by atoms with Crippen LogP contribution in [0.1, 0.15) is 40.5 Å². The van der Waals surface area contributed by atoms with Crippen molar-refractivity contribution in [2.24, 2.45) is 0 Å². The van der Waals surface area contributed by atoms with Crippen LogP contribution in [0.15, 0.2) is 72.1 Å². The molecule has 0 aliphatic carbocycles. The zero-order valence-electron chi connectivity index (χ0n) is 17.8. The molecule has 0 fully saturated rings. The lowest BCUT2D eigenvalue weighted by Gasteiger charge is -2.34. The molecule has 1 N–H and O–H groups in total. The van der Waals surface area contributed by atoms with E-state index in [2.05, 4.69) is 64.9 Å². The van der Waals surface area contributed by atoms with E-state index in [1.807, 2.05) is 17.0 Å². The number of fused-ring (bicyclic) bond motifs is 1. The number of amides is 1. The van der Waals surface area contributed by atoms with E-state index in [-0.39, 0.29) is 18.6 Å². The molecular weight excluding hydrogens is 404 g/mol. The molecule has 162 valence electrons. The smallest absolute Gasteiger partial charge is 0.224 e. The summed E-state index contributed by atoms with van der Waals surface area (Å²) in [7, 11) is 0. The first-order valence-electron chi connectivity index (χ1n) is 11.0. The Kier molecular flexibility index (Phi) is 7.52. The van der Waals surface area contributed by atoms with Crippen molar-refractivity contribution in [1.29, 1.82) is 0 Å². The van der Waals surface area contributed by atoms with Crippen LogP contribution in [-0.4, -0.2) is 47.1 Å². The van der Waals surface area contributed by atoms with Crippen molar-refractivity contribution in [1.82, 2.24) is 9.80 Å². The molecule has 4 rings (SSSR count). The maximum absolute atomic E-state index is 13.1. The molecular formula is C26H30N2O2S. The lowest BCUT2D eigenvalue weighted by Crippen LogP contribution is -2.39. The predicted molar refractivity (Wildman–Crippen MR) is 126 cm³/mol. The van der Waals surface area contributed by atoms with E-state index in [0.29, 0.717) is 19.4 Å². The molecule has 1 aliphatic rings. The van der Waals surface area contributed by atoms with E-state index in [4.69, 9.17) is 0 Å². The Morgan fingerprint density at radius 1 is 1.00 bits per heavy atom. The van der Waals surface area contributed by atoms with Gasteiger partial charge in [-0.2, -0.15) is 0 Å². The monoisotopic (exact) mass is 434 g/mol. The Labute approximate surface area is 188 Å². The summed E-state index contributed by atoms with van der Waals surface area (Å²) in [5.74, 6) is 0.214. The van der Waals surface area contributed by atoms with Crippen molar-refractivity contribution < 1.29 is 9.90 Å². The summed E-state index contributed by atoms with van der Waals surface area (Å²) in [6.45, 7) is 3.10. The number of rotatable bonds is 9. The largest absolute Gasteiger partial charge is 0.396 e. The Hall–Kier alpha value is -2.47. The van der Waals surface area contributed by atoms with Crippen LogP contribution in [0.4, 0.5) is 0 Å². The second-order valence-electron chi connectivity index (χ2n) is 8.02. The molecule has 0 bridgehead atoms. The number of aliphatic hydroxyl groups excluding tert-OH is 1. The summed E-state index contributed by atoms with van der Waals surface area (Å²) in [5.41, 5.74) is 3.72. The molecule has 0 saturated heterocycles. The molecule has 31 heavy (non-hydrogen) atoms. The standard InChI is InChI=1S/C26H30N2O2S/c29-18-7-15-27(17-13-25(30)28-16-12-24-23(20-28)14-19-31-24)26(21-8-3-1-4-9-21)22-10-5-2-6-11-22/h1-6,8-11,14,19,26,29H,7,12-13,15-18,20H2. The van der Waals surface area contributed by atoms with Crippen molar-refractivity contribution in [2.45, 2.75) is 31.8 Å². The number of hydrogen-bond donors (Lipinski definition) is 1. The summed E-state index contributed by atoms with van der Waals surface area (Å²) >= 11 is 1.80. The number of hydrogen-bond acceptors (Lipinski definition) is 4. The first kappa shape index (κ1) is 21.8. The van der Waals surface area contributed by atoms with Gasteiger partial charge >= 0.3 is 0 Å². The molecule has 3 aromatic rings. The number of benzene rings is 2. The van der Waals surface area contributed by atoms with Crippen LogP contribution in [0, 0.1) is 0 Å². The Balaban J connectivity index is 1.50. The van der Waals surface area contributed by atoms with Crippen LogP contribution in [0.25, 0.3) is 0 Å². The van der Waals surface area contributed by atoms with Gasteiger partial charge in [-0.05, 0) is 41.0 Å². The first-order valence-corrected chi connectivity index (χ1v) is 11.9. The van der Waals surface area contributed by atoms with Crippen LogP contribution in [-0.2, 0) is 17.8 Å². The molecule has 2 heterocycles. The van der Waals surface area contributed by atoms with E-state index < -0.39 is 0 Å². The Morgan fingerprint density at radius 3 is 2.32 bits per heavy atom. The van der Waals surface area contributed by atoms with Crippen molar-refractivity contribution in [3.63, 3.8) is 0 Å². The van der Waals surface area contributed by atoms with Gasteiger partial charge in [-0.1, -0.05) is 60.7 Å². The van der Waals surface area contributed by atoms with Crippen molar-refractivity contribution in [3.8, 4) is 0 Å². The highest BCUT2D eigenvalue weighted by Crippen LogP contribution is 2.29. The van der Waals surface area contributed by atoms with Crippen molar-refractivity contribution >= 4 is 17.2 Å². The number of aliphatic hydroxyl groups is 1. The molecule has 0 saturated carbocycles. The molecule has 0 unspecified atom stereocenters. The van der Waals surface area contributed by atoms with Gasteiger partial charge in [0.25, 0.3) is 0 Å². The molecule has 5 heteroatoms. The summed E-state index contributed by atoms with van der Waals surface area (Å²) in [4.78, 5) is 18.8. The number of thiophene rings is 1. The topological polar surface area (TPSA) is 43.8 Å². The van der Waals surface area contributed by atoms with Gasteiger partial charge in [-0.3, -0.25) is 9.69 Å². The summed E-state index contributed by atoms with van der Waals surface area (Å²) in [5, 5.41) is 11.6. The second-order valence-corrected chi connectivity index (χ2v) is 9.02. The third-order valence-electron chi connectivity index (χ3n) is 5.97. The van der Waals surface area contributed by atoms with Crippen LogP contribution in [0.5, 0.6) is 0 Å². The highest BCUT2D eigenvalue weighted by Gasteiger charge is 2.25. The van der Waals surface area contributed by atoms with Gasteiger partial charge in [0.15, 0.2) is 0 Å². The minimum Gasteiger partial charge on any atom is -0.396 e. The van der Waals surface area contributed by atoms with Gasteiger partial charge < -0.3 is 10.0 Å². The zero-order valence-corrected chi connectivity index (χ0v) is 18.6. The highest BCUT2D eigenvalue weighted by atomic mass is 32.1. The molecule has 0 spiro atoms. The van der Waals surface area contributed by atoms with Crippen molar-refractivity contribution in [3.05, 3.63) is 93.7 Å². The predicted octanol–water partition coefficient (Wildman–Crippen LogP) is 4.50. The fourth-order valence-corrected chi connectivity index (χ4v) is 5.28. The summed E-state index contributed by atoms with van der Waals surface area (Å²) in [6.07, 6.45) is 2.14. The summed E-state index contributed by atoms with van der Waals surface area (Å²) in [6, 6.07) is 23.1. The van der Waals surface area contributed by atoms with Gasteiger partial charge in [0.2, 0.25) is 5.91 Å². The maximum Gasteiger partial charge on any atom is 0.224 e. The molecule has 0 atom stereocenters. The van der Waals surface area contributed by atoms with Crippen LogP contribution >= 0.6 is 11.3 Å². The fraction of sp³-hybridized carbons (Fsp3) is 0.346. The second kappa shape index (κ2) is 10.7. The van der Waals surface area contributed by atoms with Gasteiger partial charge in [0.1, 0.15) is 0 Å². The normalized spacial score (nSPS) is 13.6. The third kappa shape index (κ3) is 5.42. The Bertz CT molecular complexity index is 918. The molecule has 1 amide bonds. The fourth-order valence-electron chi connectivity index (χ4n) is 4.39. The maximum atomic E-state index is 13.1. The highest BCUT2D eigenvalue weighted by molar-refractivity contribution is 7.10. The Morgan fingerprint density at radius 2 is 1.68 bits per heavy atom. The van der Waals surface area contributed by atoms with E-state index >= 15 is 0 Å². The van der Waals surface area contributed by atoms with Crippen LogP contribution in [0.2, 0.25) is 0 Å². The average Bonchev–Trinajstić information content (AvgIpc) is 3.30. The molecule has 1 aromatic heterocycles. The van der Waals surface area contributed by atoms with Gasteiger partial charge in [0.05, 0.1) is 6.04 Å². The summed E-state index contributed by atoms with van der Waals surface area (Å²) < 4.78 is 0. The quantitative estimate of drug-likeness (QED) is 0.539. The first-order chi connectivity index (χ1) is 15.3. The lowest BCUT2D eigenvalue weighted by atomic mass is 9.96. The minimum atomic E-state index is 0.0617. The zero-order chi connectivity index (χ0) is 21.5. The average molecular weight is 435 g/mol. The minimum absolute atomic E-state index is 0.0617. The van der Waals surface area contributed by atoms with Gasteiger partial charge in [-0.25, -0.2) is 0 Å². The molecule has 0 radical (unpaired) electrons. The molecule has 2 aromatic carbocycles. The number of carbonyl (C=O) groups is 1. The van der Waals surface area contributed by atoms with Gasteiger partial charge in [0, 0.05) is 44.1 Å².